The third kappa shape index (κ3) is 1.73. The quantitative estimate of drug-likeness (QED) is 0.551. The molecule has 0 aliphatic heterocycles. The first-order valence-electron chi connectivity index (χ1n) is 6.25. The Labute approximate surface area is 101 Å². The molecule has 0 N–H and O–H groups in total. The zero-order valence-electron chi connectivity index (χ0n) is 9.72. The molecular formula is C13H17ClN2. The zero-order chi connectivity index (χ0) is 11.2. The SMILES string of the molecule is CC1(c2nc(Cl)c3c(n2)CCCCC3)CC1. The standard InChI is InChI=1S/C13H17ClN2/c1-13(7-8-13)12-15-10-6-4-2-3-5-9(10)11(14)16-12/h2-8H2,1H3. The zero-order valence-corrected chi connectivity index (χ0v) is 10.5. The van der Waals surface area contributed by atoms with Crippen LogP contribution in [0.25, 0.3) is 0 Å². The van der Waals surface area contributed by atoms with Crippen LogP contribution in [0.1, 0.15) is 56.1 Å². The number of rotatable bonds is 1. The van der Waals surface area contributed by atoms with Gasteiger partial charge in [0.1, 0.15) is 11.0 Å². The summed E-state index contributed by atoms with van der Waals surface area (Å²) in [5.74, 6) is 0.984. The van der Waals surface area contributed by atoms with Crippen molar-refractivity contribution in [3.8, 4) is 0 Å². The van der Waals surface area contributed by atoms with Gasteiger partial charge in [-0.1, -0.05) is 24.9 Å². The van der Waals surface area contributed by atoms with Crippen LogP contribution in [-0.2, 0) is 18.3 Å². The van der Waals surface area contributed by atoms with Crippen molar-refractivity contribution in [1.29, 1.82) is 0 Å². The minimum atomic E-state index is 0.227. The van der Waals surface area contributed by atoms with E-state index in [0.29, 0.717) is 0 Å². The van der Waals surface area contributed by atoms with Crippen LogP contribution in [0, 0.1) is 0 Å². The molecule has 3 rings (SSSR count). The third-order valence-corrected chi connectivity index (χ3v) is 4.24. The highest BCUT2D eigenvalue weighted by atomic mass is 35.5. The van der Waals surface area contributed by atoms with Crippen molar-refractivity contribution < 1.29 is 0 Å². The van der Waals surface area contributed by atoms with E-state index in [9.17, 15) is 0 Å². The van der Waals surface area contributed by atoms with Gasteiger partial charge in [0.15, 0.2) is 0 Å². The summed E-state index contributed by atoms with van der Waals surface area (Å²) in [6.45, 7) is 2.24. The Hall–Kier alpha value is -0.630. The second kappa shape index (κ2) is 3.69. The van der Waals surface area contributed by atoms with Gasteiger partial charge in [-0.25, -0.2) is 9.97 Å². The number of halogens is 1. The molecule has 86 valence electrons. The summed E-state index contributed by atoms with van der Waals surface area (Å²) >= 11 is 6.30. The van der Waals surface area contributed by atoms with Crippen LogP contribution in [0.2, 0.25) is 5.15 Å². The first-order chi connectivity index (χ1) is 7.69. The van der Waals surface area contributed by atoms with Crippen LogP contribution in [0.3, 0.4) is 0 Å². The van der Waals surface area contributed by atoms with E-state index in [0.717, 1.165) is 23.8 Å². The minimum absolute atomic E-state index is 0.227. The van der Waals surface area contributed by atoms with Crippen molar-refractivity contribution in [1.82, 2.24) is 9.97 Å². The summed E-state index contributed by atoms with van der Waals surface area (Å²) in [4.78, 5) is 9.29. The second-order valence-electron chi connectivity index (χ2n) is 5.38. The lowest BCUT2D eigenvalue weighted by molar-refractivity contribution is 0.686. The molecule has 1 saturated carbocycles. The van der Waals surface area contributed by atoms with E-state index in [1.807, 2.05) is 0 Å². The fourth-order valence-corrected chi connectivity index (χ4v) is 2.69. The lowest BCUT2D eigenvalue weighted by Crippen LogP contribution is -2.11. The predicted molar refractivity (Wildman–Crippen MR) is 64.9 cm³/mol. The number of aryl methyl sites for hydroxylation is 1. The number of aromatic nitrogens is 2. The highest BCUT2D eigenvalue weighted by Gasteiger charge is 2.42. The van der Waals surface area contributed by atoms with Gasteiger partial charge < -0.3 is 0 Å². The molecule has 0 spiro atoms. The summed E-state index contributed by atoms with van der Waals surface area (Å²) in [5, 5.41) is 0.718. The van der Waals surface area contributed by atoms with Crippen molar-refractivity contribution >= 4 is 11.6 Å². The largest absolute Gasteiger partial charge is 0.237 e. The van der Waals surface area contributed by atoms with Crippen molar-refractivity contribution in [3.63, 3.8) is 0 Å². The van der Waals surface area contributed by atoms with Crippen LogP contribution in [0.5, 0.6) is 0 Å². The van der Waals surface area contributed by atoms with E-state index >= 15 is 0 Å². The Morgan fingerprint density at radius 2 is 1.81 bits per heavy atom. The third-order valence-electron chi connectivity index (χ3n) is 3.92. The lowest BCUT2D eigenvalue weighted by Gasteiger charge is -2.12. The average molecular weight is 237 g/mol. The number of fused-ring (bicyclic) bond motifs is 1. The van der Waals surface area contributed by atoms with Gasteiger partial charge in [-0.2, -0.15) is 0 Å². The molecule has 1 heterocycles. The van der Waals surface area contributed by atoms with Crippen LogP contribution < -0.4 is 0 Å². The molecule has 0 unspecified atom stereocenters. The van der Waals surface area contributed by atoms with Gasteiger partial charge in [0.05, 0.1) is 0 Å². The first-order valence-corrected chi connectivity index (χ1v) is 6.63. The van der Waals surface area contributed by atoms with E-state index in [1.54, 1.807) is 0 Å². The average Bonchev–Trinajstić information content (AvgIpc) is 3.02. The Morgan fingerprint density at radius 3 is 2.56 bits per heavy atom. The maximum Gasteiger partial charge on any atom is 0.136 e. The summed E-state index contributed by atoms with van der Waals surface area (Å²) < 4.78 is 0. The molecule has 1 fully saturated rings. The summed E-state index contributed by atoms with van der Waals surface area (Å²) in [5.41, 5.74) is 2.66. The molecule has 0 bridgehead atoms. The summed E-state index contributed by atoms with van der Waals surface area (Å²) in [7, 11) is 0. The molecule has 1 aromatic rings. The summed E-state index contributed by atoms with van der Waals surface area (Å²) in [6, 6.07) is 0. The molecule has 0 atom stereocenters. The number of hydrogen-bond donors (Lipinski definition) is 0. The number of nitrogens with zero attached hydrogens (tertiary/aromatic N) is 2. The van der Waals surface area contributed by atoms with E-state index in [-0.39, 0.29) is 5.41 Å². The Bertz CT molecular complexity index is 424. The van der Waals surface area contributed by atoms with Crippen LogP contribution in [0.4, 0.5) is 0 Å². The second-order valence-corrected chi connectivity index (χ2v) is 5.74. The molecule has 16 heavy (non-hydrogen) atoms. The number of hydrogen-bond acceptors (Lipinski definition) is 2. The fraction of sp³-hybridized carbons (Fsp3) is 0.692. The Kier molecular flexibility index (Phi) is 2.43. The highest BCUT2D eigenvalue weighted by molar-refractivity contribution is 6.30. The maximum absolute atomic E-state index is 6.30. The van der Waals surface area contributed by atoms with Gasteiger partial charge in [-0.05, 0) is 38.5 Å². The first kappa shape index (κ1) is 10.5. The lowest BCUT2D eigenvalue weighted by atomic mass is 10.1. The topological polar surface area (TPSA) is 25.8 Å². The summed E-state index contributed by atoms with van der Waals surface area (Å²) in [6.07, 6.45) is 8.33. The molecule has 2 nitrogen and oxygen atoms in total. The Balaban J connectivity index is 2.05. The van der Waals surface area contributed by atoms with Crippen LogP contribution in [-0.4, -0.2) is 9.97 Å². The van der Waals surface area contributed by atoms with Gasteiger partial charge in [0, 0.05) is 16.7 Å². The molecule has 0 aromatic carbocycles. The molecule has 0 radical (unpaired) electrons. The van der Waals surface area contributed by atoms with Crippen LogP contribution in [0.15, 0.2) is 0 Å². The molecule has 0 saturated heterocycles. The van der Waals surface area contributed by atoms with Gasteiger partial charge in [0.25, 0.3) is 0 Å². The molecule has 2 aliphatic rings. The van der Waals surface area contributed by atoms with Crippen LogP contribution >= 0.6 is 11.6 Å². The van der Waals surface area contributed by atoms with E-state index < -0.39 is 0 Å². The fourth-order valence-electron chi connectivity index (χ4n) is 2.41. The Morgan fingerprint density at radius 1 is 1.06 bits per heavy atom. The van der Waals surface area contributed by atoms with E-state index in [4.69, 9.17) is 16.6 Å². The van der Waals surface area contributed by atoms with Crippen molar-refractivity contribution in [2.24, 2.45) is 0 Å². The smallest absolute Gasteiger partial charge is 0.136 e. The molecule has 1 aromatic heterocycles. The highest BCUT2D eigenvalue weighted by Crippen LogP contribution is 2.46. The molecule has 2 aliphatic carbocycles. The van der Waals surface area contributed by atoms with Gasteiger partial charge in [0.2, 0.25) is 0 Å². The molecule has 0 amide bonds. The van der Waals surface area contributed by atoms with E-state index in [2.05, 4.69) is 11.9 Å². The van der Waals surface area contributed by atoms with Crippen molar-refractivity contribution in [2.45, 2.75) is 57.3 Å². The van der Waals surface area contributed by atoms with Crippen molar-refractivity contribution in [2.75, 3.05) is 0 Å². The molecular weight excluding hydrogens is 220 g/mol. The minimum Gasteiger partial charge on any atom is -0.237 e. The normalized spacial score (nSPS) is 22.4. The van der Waals surface area contributed by atoms with Gasteiger partial charge in [-0.15, -0.1) is 0 Å². The van der Waals surface area contributed by atoms with Crippen molar-refractivity contribution in [3.05, 3.63) is 22.2 Å². The molecule has 3 heteroatoms. The monoisotopic (exact) mass is 236 g/mol. The maximum atomic E-state index is 6.30. The van der Waals surface area contributed by atoms with Gasteiger partial charge >= 0.3 is 0 Å². The van der Waals surface area contributed by atoms with E-state index in [1.165, 1.54) is 43.4 Å². The van der Waals surface area contributed by atoms with Gasteiger partial charge in [-0.3, -0.25) is 0 Å². The predicted octanol–water partition coefficient (Wildman–Crippen LogP) is 3.45.